The first-order valence-corrected chi connectivity index (χ1v) is 4.94. The summed E-state index contributed by atoms with van der Waals surface area (Å²) in [5, 5.41) is 0. The van der Waals surface area contributed by atoms with E-state index in [1.165, 1.54) is 31.8 Å². The Bertz CT molecular complexity index is 123. The van der Waals surface area contributed by atoms with Gasteiger partial charge >= 0.3 is 0 Å². The van der Waals surface area contributed by atoms with Crippen molar-refractivity contribution in [3.63, 3.8) is 0 Å². The molecule has 0 aromatic rings. The lowest BCUT2D eigenvalue weighted by atomic mass is 9.97. The number of likely N-dealkylation sites (tertiary alicyclic amines) is 1. The zero-order valence-electron chi connectivity index (χ0n) is 8.34. The topological polar surface area (TPSA) is 29.3 Å². The molecule has 0 aromatic carbocycles. The van der Waals surface area contributed by atoms with Crippen molar-refractivity contribution < 1.29 is 0 Å². The van der Waals surface area contributed by atoms with Crippen LogP contribution in [0.25, 0.3) is 0 Å². The van der Waals surface area contributed by atoms with Crippen LogP contribution in [-0.2, 0) is 0 Å². The van der Waals surface area contributed by atoms with Crippen molar-refractivity contribution in [2.75, 3.05) is 26.2 Å². The third kappa shape index (κ3) is 3.11. The maximum atomic E-state index is 5.66. The van der Waals surface area contributed by atoms with Crippen molar-refractivity contribution in [1.82, 2.24) is 4.90 Å². The monoisotopic (exact) mass is 169 g/mol. The predicted molar refractivity (Wildman–Crippen MR) is 52.8 cm³/mol. The molecule has 0 amide bonds. The Morgan fingerprint density at radius 1 is 1.50 bits per heavy atom. The number of nitrogens with zero attached hydrogens (tertiary/aromatic N) is 1. The van der Waals surface area contributed by atoms with Crippen LogP contribution in [0.1, 0.15) is 26.7 Å². The summed E-state index contributed by atoms with van der Waals surface area (Å²) in [6.07, 6.45) is 2.66. The second kappa shape index (κ2) is 4.83. The number of hydrogen-bond donors (Lipinski definition) is 1. The second-order valence-electron chi connectivity index (χ2n) is 4.19. The van der Waals surface area contributed by atoms with Crippen LogP contribution in [0.3, 0.4) is 0 Å². The molecule has 1 unspecified atom stereocenters. The van der Waals surface area contributed by atoms with E-state index in [0.717, 1.165) is 19.0 Å². The van der Waals surface area contributed by atoms with Crippen molar-refractivity contribution >= 4 is 0 Å². The molecule has 0 aliphatic carbocycles. The lowest BCUT2D eigenvalue weighted by Gasteiger charge is -2.32. The van der Waals surface area contributed by atoms with E-state index in [9.17, 15) is 0 Å². The second-order valence-corrected chi connectivity index (χ2v) is 4.19. The van der Waals surface area contributed by atoms with Crippen LogP contribution in [0.5, 0.6) is 0 Å². The molecule has 2 heteroatoms. The van der Waals surface area contributed by atoms with Crippen LogP contribution in [0.15, 0.2) is 0 Å². The maximum absolute atomic E-state index is 5.66. The largest absolute Gasteiger partial charge is 0.330 e. The van der Waals surface area contributed by atoms with Gasteiger partial charge in [0.2, 0.25) is 0 Å². The third-order valence-corrected chi connectivity index (χ3v) is 2.48. The van der Waals surface area contributed by atoms with E-state index in [-0.39, 0.29) is 0 Å². The van der Waals surface area contributed by atoms with Crippen molar-refractivity contribution in [3.05, 3.63) is 5.92 Å². The minimum Gasteiger partial charge on any atom is -0.330 e. The fourth-order valence-corrected chi connectivity index (χ4v) is 1.93. The van der Waals surface area contributed by atoms with Gasteiger partial charge in [0.25, 0.3) is 0 Å². The molecule has 1 aliphatic rings. The van der Waals surface area contributed by atoms with Gasteiger partial charge in [-0.3, -0.25) is 0 Å². The number of nitrogens with two attached hydrogens (primary N) is 1. The minimum absolute atomic E-state index is 0.748. The Labute approximate surface area is 76.1 Å². The Hall–Kier alpha value is -0.0800. The molecule has 71 valence electrons. The fourth-order valence-electron chi connectivity index (χ4n) is 1.93. The van der Waals surface area contributed by atoms with Gasteiger partial charge in [-0.1, -0.05) is 13.8 Å². The van der Waals surface area contributed by atoms with E-state index >= 15 is 0 Å². The highest BCUT2D eigenvalue weighted by atomic mass is 15.1. The van der Waals surface area contributed by atoms with Crippen LogP contribution in [-0.4, -0.2) is 31.1 Å². The number of rotatable bonds is 3. The minimum atomic E-state index is 0.748. The van der Waals surface area contributed by atoms with Crippen molar-refractivity contribution in [2.45, 2.75) is 26.7 Å². The van der Waals surface area contributed by atoms with E-state index in [1.807, 2.05) is 0 Å². The van der Waals surface area contributed by atoms with E-state index in [0.29, 0.717) is 0 Å². The summed E-state index contributed by atoms with van der Waals surface area (Å²) in [6, 6.07) is 0. The highest BCUT2D eigenvalue weighted by molar-refractivity contribution is 4.84. The summed E-state index contributed by atoms with van der Waals surface area (Å²) in [6.45, 7) is 8.90. The van der Waals surface area contributed by atoms with E-state index in [4.69, 9.17) is 5.73 Å². The first-order valence-electron chi connectivity index (χ1n) is 4.94. The summed E-state index contributed by atoms with van der Waals surface area (Å²) in [4.78, 5) is 2.52. The van der Waals surface area contributed by atoms with Crippen molar-refractivity contribution in [1.29, 1.82) is 0 Å². The summed E-state index contributed by atoms with van der Waals surface area (Å²) in [5.74, 6) is 2.26. The van der Waals surface area contributed by atoms with Crippen molar-refractivity contribution in [3.8, 4) is 0 Å². The summed E-state index contributed by atoms with van der Waals surface area (Å²) in [7, 11) is 0. The Kier molecular flexibility index (Phi) is 4.02. The van der Waals surface area contributed by atoms with Gasteiger partial charge in [0, 0.05) is 13.1 Å². The van der Waals surface area contributed by atoms with Crippen LogP contribution >= 0.6 is 0 Å². The van der Waals surface area contributed by atoms with Gasteiger partial charge in [0.05, 0.1) is 0 Å². The van der Waals surface area contributed by atoms with Crippen LogP contribution in [0.2, 0.25) is 0 Å². The van der Waals surface area contributed by atoms with E-state index in [2.05, 4.69) is 18.7 Å². The molecule has 1 aliphatic heterocycles. The molecule has 12 heavy (non-hydrogen) atoms. The first kappa shape index (κ1) is 10.0. The van der Waals surface area contributed by atoms with Gasteiger partial charge < -0.3 is 10.6 Å². The van der Waals surface area contributed by atoms with Gasteiger partial charge in [-0.15, -0.1) is 0 Å². The van der Waals surface area contributed by atoms with Gasteiger partial charge in [0.1, 0.15) is 0 Å². The Morgan fingerprint density at radius 2 is 2.25 bits per heavy atom. The van der Waals surface area contributed by atoms with Gasteiger partial charge in [0.15, 0.2) is 0 Å². The molecule has 0 saturated carbocycles. The quantitative estimate of drug-likeness (QED) is 0.689. The molecule has 0 aromatic heterocycles. The standard InChI is InChI=1S/C10H21N2/c1-9(2)7-12-5-3-4-10(6-11)8-12/h10H,3-8,11H2,1-2H3. The van der Waals surface area contributed by atoms with E-state index in [1.54, 1.807) is 0 Å². The molecule has 0 spiro atoms. The highest BCUT2D eigenvalue weighted by Crippen LogP contribution is 2.16. The molecular formula is C10H21N2. The molecule has 1 saturated heterocycles. The van der Waals surface area contributed by atoms with Gasteiger partial charge in [-0.25, -0.2) is 0 Å². The zero-order valence-corrected chi connectivity index (χ0v) is 8.34. The molecule has 1 radical (unpaired) electrons. The zero-order chi connectivity index (χ0) is 8.97. The summed E-state index contributed by atoms with van der Waals surface area (Å²) in [5.41, 5.74) is 5.66. The Morgan fingerprint density at radius 3 is 2.83 bits per heavy atom. The molecule has 2 N–H and O–H groups in total. The van der Waals surface area contributed by atoms with E-state index < -0.39 is 0 Å². The fraction of sp³-hybridized carbons (Fsp3) is 0.900. The van der Waals surface area contributed by atoms with Crippen LogP contribution in [0, 0.1) is 11.8 Å². The van der Waals surface area contributed by atoms with Crippen LogP contribution < -0.4 is 5.73 Å². The average molecular weight is 169 g/mol. The maximum Gasteiger partial charge on any atom is 0.00384 e. The number of hydrogen-bond acceptors (Lipinski definition) is 2. The predicted octanol–water partition coefficient (Wildman–Crippen LogP) is 1.27. The third-order valence-electron chi connectivity index (χ3n) is 2.48. The SMILES string of the molecule is C[C](C)CN1CCCC(CN)C1. The molecule has 1 fully saturated rings. The van der Waals surface area contributed by atoms with Gasteiger partial charge in [-0.2, -0.15) is 0 Å². The lowest BCUT2D eigenvalue weighted by Crippen LogP contribution is -2.39. The van der Waals surface area contributed by atoms with Crippen LogP contribution in [0.4, 0.5) is 0 Å². The molecule has 2 nitrogen and oxygen atoms in total. The van der Waals surface area contributed by atoms with Crippen molar-refractivity contribution in [2.24, 2.45) is 11.7 Å². The number of piperidine rings is 1. The average Bonchev–Trinajstić information content (AvgIpc) is 2.03. The normalized spacial score (nSPS) is 26.5. The first-order chi connectivity index (χ1) is 5.72. The molecular weight excluding hydrogens is 148 g/mol. The molecule has 1 rings (SSSR count). The summed E-state index contributed by atoms with van der Waals surface area (Å²) < 4.78 is 0. The molecule has 1 heterocycles. The highest BCUT2D eigenvalue weighted by Gasteiger charge is 2.18. The Balaban J connectivity index is 2.25. The smallest absolute Gasteiger partial charge is 0.00384 e. The molecule has 0 bridgehead atoms. The molecule has 1 atom stereocenters. The summed E-state index contributed by atoms with van der Waals surface area (Å²) >= 11 is 0. The lowest BCUT2D eigenvalue weighted by molar-refractivity contribution is 0.184. The van der Waals surface area contributed by atoms with Gasteiger partial charge in [-0.05, 0) is 37.8 Å².